The van der Waals surface area contributed by atoms with Crippen molar-refractivity contribution in [3.63, 3.8) is 0 Å². The van der Waals surface area contributed by atoms with Crippen molar-refractivity contribution in [2.24, 2.45) is 5.92 Å². The van der Waals surface area contributed by atoms with Crippen molar-refractivity contribution in [2.75, 3.05) is 5.75 Å². The molecule has 0 unspecified atom stereocenters. The van der Waals surface area contributed by atoms with E-state index in [1.165, 1.54) is 31.0 Å². The Morgan fingerprint density at radius 2 is 1.96 bits per heavy atom. The molecule has 0 bridgehead atoms. The maximum Gasteiger partial charge on any atom is 0.248 e. The number of hydrazine groups is 1. The summed E-state index contributed by atoms with van der Waals surface area (Å²) in [5.74, 6) is 0.808. The lowest BCUT2D eigenvalue weighted by Crippen LogP contribution is -2.52. The molecule has 0 aliphatic heterocycles. The average Bonchev–Trinajstić information content (AvgIpc) is 2.54. The summed E-state index contributed by atoms with van der Waals surface area (Å²) in [6.07, 6.45) is 4.88. The SMILES string of the molecule is C[C@@H]1CCCC[C@@H]1NC(=S)NNC(=O)CSc1ccc(Cl)cc1. The monoisotopic (exact) mass is 371 g/mol. The molecule has 1 aromatic carbocycles. The molecular weight excluding hydrogens is 350 g/mol. The number of thioether (sulfide) groups is 1. The van der Waals surface area contributed by atoms with Gasteiger partial charge in [0.25, 0.3) is 0 Å². The smallest absolute Gasteiger partial charge is 0.248 e. The van der Waals surface area contributed by atoms with E-state index >= 15 is 0 Å². The van der Waals surface area contributed by atoms with E-state index in [1.807, 2.05) is 24.3 Å². The topological polar surface area (TPSA) is 53.2 Å². The van der Waals surface area contributed by atoms with Crippen molar-refractivity contribution in [3.05, 3.63) is 29.3 Å². The predicted octanol–water partition coefficient (Wildman–Crippen LogP) is 3.51. The molecule has 1 fully saturated rings. The minimum absolute atomic E-state index is 0.120. The van der Waals surface area contributed by atoms with Crippen LogP contribution in [-0.4, -0.2) is 22.8 Å². The van der Waals surface area contributed by atoms with Gasteiger partial charge in [0, 0.05) is 16.0 Å². The van der Waals surface area contributed by atoms with Crippen molar-refractivity contribution >= 4 is 46.6 Å². The van der Waals surface area contributed by atoms with Crippen LogP contribution < -0.4 is 16.2 Å². The molecule has 0 radical (unpaired) electrons. The van der Waals surface area contributed by atoms with Crippen molar-refractivity contribution < 1.29 is 4.79 Å². The van der Waals surface area contributed by atoms with E-state index in [0.717, 1.165) is 11.3 Å². The molecule has 1 aliphatic rings. The van der Waals surface area contributed by atoms with Gasteiger partial charge in [-0.15, -0.1) is 11.8 Å². The van der Waals surface area contributed by atoms with E-state index in [0.29, 0.717) is 27.8 Å². The first-order chi connectivity index (χ1) is 11.0. The van der Waals surface area contributed by atoms with E-state index in [4.69, 9.17) is 23.8 Å². The lowest BCUT2D eigenvalue weighted by atomic mass is 9.86. The number of carbonyl (C=O) groups is 1. The van der Waals surface area contributed by atoms with Gasteiger partial charge in [-0.3, -0.25) is 15.6 Å². The van der Waals surface area contributed by atoms with Gasteiger partial charge >= 0.3 is 0 Å². The van der Waals surface area contributed by atoms with Gasteiger partial charge in [0.2, 0.25) is 5.91 Å². The first-order valence-electron chi connectivity index (χ1n) is 7.78. The maximum atomic E-state index is 11.8. The third-order valence-corrected chi connectivity index (χ3v) is 5.41. The third kappa shape index (κ3) is 6.57. The van der Waals surface area contributed by atoms with Crippen molar-refractivity contribution in [3.8, 4) is 0 Å². The fourth-order valence-corrected chi connectivity index (χ4v) is 3.60. The molecule has 1 aliphatic carbocycles. The Labute approximate surface area is 152 Å². The molecular formula is C16H22ClN3OS2. The summed E-state index contributed by atoms with van der Waals surface area (Å²) >= 11 is 12.5. The normalized spacial score (nSPS) is 20.6. The van der Waals surface area contributed by atoms with Crippen LogP contribution in [0.3, 0.4) is 0 Å². The molecule has 126 valence electrons. The molecule has 23 heavy (non-hydrogen) atoms. The van der Waals surface area contributed by atoms with Crippen LogP contribution >= 0.6 is 35.6 Å². The second kappa shape index (κ2) is 9.35. The molecule has 1 amide bonds. The summed E-state index contributed by atoms with van der Waals surface area (Å²) in [6, 6.07) is 7.80. The van der Waals surface area contributed by atoms with Crippen LogP contribution in [0.1, 0.15) is 32.6 Å². The molecule has 4 nitrogen and oxygen atoms in total. The quantitative estimate of drug-likeness (QED) is 0.429. The highest BCUT2D eigenvalue weighted by molar-refractivity contribution is 8.00. The van der Waals surface area contributed by atoms with Crippen LogP contribution in [0.25, 0.3) is 0 Å². The lowest BCUT2D eigenvalue weighted by molar-refractivity contribution is -0.119. The van der Waals surface area contributed by atoms with E-state index in [-0.39, 0.29) is 5.91 Å². The van der Waals surface area contributed by atoms with Crippen LogP contribution in [0, 0.1) is 5.92 Å². The lowest BCUT2D eigenvalue weighted by Gasteiger charge is -2.30. The highest BCUT2D eigenvalue weighted by atomic mass is 35.5. The average molecular weight is 372 g/mol. The molecule has 1 saturated carbocycles. The van der Waals surface area contributed by atoms with Crippen molar-refractivity contribution in [1.82, 2.24) is 16.2 Å². The van der Waals surface area contributed by atoms with Crippen LogP contribution in [0.4, 0.5) is 0 Å². The van der Waals surface area contributed by atoms with E-state index in [2.05, 4.69) is 23.1 Å². The summed E-state index contributed by atoms with van der Waals surface area (Å²) in [5, 5.41) is 4.46. The second-order valence-corrected chi connectivity index (χ2v) is 7.65. The standard InChI is InChI=1S/C16H22ClN3OS2/c1-11-4-2-3-5-14(11)18-16(22)20-19-15(21)10-23-13-8-6-12(17)7-9-13/h6-9,11,14H,2-5,10H2,1H3,(H,19,21)(H2,18,20,22)/t11-,14+/m1/s1. The Morgan fingerprint density at radius 3 is 2.65 bits per heavy atom. The Bertz CT molecular complexity index is 539. The first kappa shape index (κ1) is 18.4. The molecule has 2 atom stereocenters. The second-order valence-electron chi connectivity index (χ2n) is 5.76. The van der Waals surface area contributed by atoms with Gasteiger partial charge in [-0.05, 0) is 55.2 Å². The molecule has 0 heterocycles. The van der Waals surface area contributed by atoms with E-state index < -0.39 is 0 Å². The van der Waals surface area contributed by atoms with Crippen LogP contribution in [-0.2, 0) is 4.79 Å². The van der Waals surface area contributed by atoms with E-state index in [1.54, 1.807) is 0 Å². The van der Waals surface area contributed by atoms with E-state index in [9.17, 15) is 4.79 Å². The van der Waals surface area contributed by atoms with Gasteiger partial charge in [-0.25, -0.2) is 0 Å². The van der Waals surface area contributed by atoms with Gasteiger partial charge < -0.3 is 5.32 Å². The van der Waals surface area contributed by atoms with Crippen LogP contribution in [0.5, 0.6) is 0 Å². The number of hydrogen-bond donors (Lipinski definition) is 3. The van der Waals surface area contributed by atoms with Gasteiger partial charge in [-0.1, -0.05) is 31.4 Å². The minimum Gasteiger partial charge on any atom is -0.358 e. The number of halogens is 1. The zero-order valence-corrected chi connectivity index (χ0v) is 15.5. The third-order valence-electron chi connectivity index (χ3n) is 3.93. The Hall–Kier alpha value is -0.980. The molecule has 1 aromatic rings. The fraction of sp³-hybridized carbons (Fsp3) is 0.500. The number of carbonyl (C=O) groups excluding carboxylic acids is 1. The van der Waals surface area contributed by atoms with Gasteiger partial charge in [0.15, 0.2) is 5.11 Å². The van der Waals surface area contributed by atoms with Crippen LogP contribution in [0.15, 0.2) is 29.2 Å². The summed E-state index contributed by atoms with van der Waals surface area (Å²) in [7, 11) is 0. The zero-order chi connectivity index (χ0) is 16.7. The number of nitrogens with one attached hydrogen (secondary N) is 3. The Kier molecular flexibility index (Phi) is 7.46. The molecule has 0 saturated heterocycles. The number of benzene rings is 1. The molecule has 0 aromatic heterocycles. The van der Waals surface area contributed by atoms with Crippen molar-refractivity contribution in [1.29, 1.82) is 0 Å². The zero-order valence-electron chi connectivity index (χ0n) is 13.1. The minimum atomic E-state index is -0.120. The number of thiocarbonyl (C=S) groups is 1. The van der Waals surface area contributed by atoms with Gasteiger partial charge in [0.05, 0.1) is 5.75 Å². The summed E-state index contributed by atoms with van der Waals surface area (Å²) < 4.78 is 0. The number of hydrogen-bond acceptors (Lipinski definition) is 3. The van der Waals surface area contributed by atoms with Crippen LogP contribution in [0.2, 0.25) is 5.02 Å². The first-order valence-corrected chi connectivity index (χ1v) is 9.55. The number of amides is 1. The number of rotatable bonds is 4. The molecule has 7 heteroatoms. The molecule has 0 spiro atoms. The summed E-state index contributed by atoms with van der Waals surface area (Å²) in [5.41, 5.74) is 5.41. The Balaban J connectivity index is 1.65. The molecule has 2 rings (SSSR count). The predicted molar refractivity (Wildman–Crippen MR) is 101 cm³/mol. The van der Waals surface area contributed by atoms with Gasteiger partial charge in [0.1, 0.15) is 0 Å². The maximum absolute atomic E-state index is 11.8. The summed E-state index contributed by atoms with van der Waals surface area (Å²) in [4.78, 5) is 12.8. The molecule has 3 N–H and O–H groups in total. The van der Waals surface area contributed by atoms with Crippen molar-refractivity contribution in [2.45, 2.75) is 43.5 Å². The van der Waals surface area contributed by atoms with Gasteiger partial charge in [-0.2, -0.15) is 0 Å². The summed E-state index contributed by atoms with van der Waals surface area (Å²) in [6.45, 7) is 2.24. The Morgan fingerprint density at radius 1 is 1.26 bits per heavy atom. The fourth-order valence-electron chi connectivity index (χ4n) is 2.58. The largest absolute Gasteiger partial charge is 0.358 e. The highest BCUT2D eigenvalue weighted by Crippen LogP contribution is 2.23. The highest BCUT2D eigenvalue weighted by Gasteiger charge is 2.21.